The van der Waals surface area contributed by atoms with Crippen LogP contribution in [0.5, 0.6) is 6.01 Å². The largest absolute Gasteiger partial charge is 0.460 e. The molecule has 1 unspecified atom stereocenters. The van der Waals surface area contributed by atoms with Crippen LogP contribution in [0.4, 0.5) is 0 Å². The number of hydrogen-bond donors (Lipinski definition) is 2. The molecule has 1 atom stereocenters. The second-order valence-electron chi connectivity index (χ2n) is 4.00. The lowest BCUT2D eigenvalue weighted by Gasteiger charge is -2.22. The van der Waals surface area contributed by atoms with E-state index in [1.54, 1.807) is 6.20 Å². The standard InChI is InChI=1S/C11H14N4O/c1-3-8(7-12-5-1)16-11-14-9-4-2-6-13-10(9)15-11/h2,4,6,8,12H,1,3,5,7H2,(H,13,14,15). The van der Waals surface area contributed by atoms with Gasteiger partial charge in [0.15, 0.2) is 5.65 Å². The fraction of sp³-hybridized carbons (Fsp3) is 0.455. The third-order valence-corrected chi connectivity index (χ3v) is 2.77. The molecular weight excluding hydrogens is 204 g/mol. The average molecular weight is 218 g/mol. The first kappa shape index (κ1) is 9.59. The van der Waals surface area contributed by atoms with Gasteiger partial charge < -0.3 is 15.0 Å². The number of hydrogen-bond acceptors (Lipinski definition) is 4. The van der Waals surface area contributed by atoms with Crippen molar-refractivity contribution < 1.29 is 4.74 Å². The molecule has 2 aromatic rings. The third-order valence-electron chi connectivity index (χ3n) is 2.77. The molecule has 1 aliphatic rings. The summed E-state index contributed by atoms with van der Waals surface area (Å²) in [5, 5.41) is 3.31. The minimum Gasteiger partial charge on any atom is -0.460 e. The molecule has 0 radical (unpaired) electrons. The Balaban J connectivity index is 1.78. The summed E-state index contributed by atoms with van der Waals surface area (Å²) >= 11 is 0. The van der Waals surface area contributed by atoms with Crippen molar-refractivity contribution in [3.05, 3.63) is 18.3 Å². The number of ether oxygens (including phenoxy) is 1. The maximum atomic E-state index is 5.77. The Morgan fingerprint density at radius 3 is 3.25 bits per heavy atom. The summed E-state index contributed by atoms with van der Waals surface area (Å²) in [4.78, 5) is 11.6. The van der Waals surface area contributed by atoms with Crippen molar-refractivity contribution in [2.75, 3.05) is 13.1 Å². The molecule has 1 fully saturated rings. The van der Waals surface area contributed by atoms with Crippen LogP contribution in [-0.4, -0.2) is 34.1 Å². The zero-order valence-corrected chi connectivity index (χ0v) is 8.94. The van der Waals surface area contributed by atoms with Crippen LogP contribution in [-0.2, 0) is 0 Å². The molecule has 0 spiro atoms. The second kappa shape index (κ2) is 4.09. The fourth-order valence-corrected chi connectivity index (χ4v) is 1.96. The van der Waals surface area contributed by atoms with Crippen molar-refractivity contribution in [2.24, 2.45) is 0 Å². The molecule has 0 saturated carbocycles. The predicted molar refractivity (Wildman–Crippen MR) is 60.4 cm³/mol. The SMILES string of the molecule is c1cnc2nc(OC3CCCNC3)[nH]c2c1. The van der Waals surface area contributed by atoms with Gasteiger partial charge in [0, 0.05) is 12.7 Å². The minimum absolute atomic E-state index is 0.217. The number of rotatable bonds is 2. The second-order valence-corrected chi connectivity index (χ2v) is 4.00. The fourth-order valence-electron chi connectivity index (χ4n) is 1.96. The molecule has 5 nitrogen and oxygen atoms in total. The lowest BCUT2D eigenvalue weighted by Crippen LogP contribution is -2.37. The number of H-pyrrole nitrogens is 1. The number of aromatic nitrogens is 3. The molecule has 0 aliphatic carbocycles. The zero-order chi connectivity index (χ0) is 10.8. The Hall–Kier alpha value is -1.62. The quantitative estimate of drug-likeness (QED) is 0.792. The van der Waals surface area contributed by atoms with Crippen LogP contribution in [0.3, 0.4) is 0 Å². The van der Waals surface area contributed by atoms with Crippen molar-refractivity contribution in [1.82, 2.24) is 20.3 Å². The number of piperidine rings is 1. The van der Waals surface area contributed by atoms with Gasteiger partial charge in [-0.1, -0.05) is 0 Å². The van der Waals surface area contributed by atoms with Crippen molar-refractivity contribution in [1.29, 1.82) is 0 Å². The van der Waals surface area contributed by atoms with Gasteiger partial charge in [0.25, 0.3) is 6.01 Å². The Morgan fingerprint density at radius 1 is 1.44 bits per heavy atom. The lowest BCUT2D eigenvalue weighted by atomic mass is 10.1. The van der Waals surface area contributed by atoms with Gasteiger partial charge >= 0.3 is 0 Å². The van der Waals surface area contributed by atoms with Crippen molar-refractivity contribution in [3.63, 3.8) is 0 Å². The van der Waals surface area contributed by atoms with Gasteiger partial charge in [0.2, 0.25) is 0 Å². The Kier molecular flexibility index (Phi) is 2.46. The van der Waals surface area contributed by atoms with E-state index < -0.39 is 0 Å². The first-order chi connectivity index (χ1) is 7.92. The van der Waals surface area contributed by atoms with Crippen LogP contribution in [0, 0.1) is 0 Å². The van der Waals surface area contributed by atoms with Crippen molar-refractivity contribution >= 4 is 11.2 Å². The molecular formula is C11H14N4O. The molecule has 0 amide bonds. The number of fused-ring (bicyclic) bond motifs is 1. The normalized spacial score (nSPS) is 21.1. The predicted octanol–water partition coefficient (Wildman–Crippen LogP) is 1.09. The van der Waals surface area contributed by atoms with Gasteiger partial charge in [-0.2, -0.15) is 4.98 Å². The van der Waals surface area contributed by atoms with E-state index in [1.807, 2.05) is 12.1 Å². The summed E-state index contributed by atoms with van der Waals surface area (Å²) in [7, 11) is 0. The highest BCUT2D eigenvalue weighted by atomic mass is 16.5. The van der Waals surface area contributed by atoms with Gasteiger partial charge in [-0.15, -0.1) is 0 Å². The Morgan fingerprint density at radius 2 is 2.44 bits per heavy atom. The highest BCUT2D eigenvalue weighted by Gasteiger charge is 2.16. The van der Waals surface area contributed by atoms with Crippen LogP contribution < -0.4 is 10.1 Å². The molecule has 84 valence electrons. The van der Waals surface area contributed by atoms with Crippen LogP contribution in [0.25, 0.3) is 11.2 Å². The van der Waals surface area contributed by atoms with Gasteiger partial charge in [-0.05, 0) is 31.5 Å². The topological polar surface area (TPSA) is 62.8 Å². The van der Waals surface area contributed by atoms with E-state index >= 15 is 0 Å². The van der Waals surface area contributed by atoms with Crippen LogP contribution >= 0.6 is 0 Å². The van der Waals surface area contributed by atoms with E-state index in [9.17, 15) is 0 Å². The summed E-state index contributed by atoms with van der Waals surface area (Å²) in [5.41, 5.74) is 1.63. The monoisotopic (exact) mass is 218 g/mol. The molecule has 0 bridgehead atoms. The number of imidazole rings is 1. The first-order valence-corrected chi connectivity index (χ1v) is 5.60. The van der Waals surface area contributed by atoms with Crippen LogP contribution in [0.2, 0.25) is 0 Å². The smallest absolute Gasteiger partial charge is 0.296 e. The van der Waals surface area contributed by atoms with Crippen LogP contribution in [0.15, 0.2) is 18.3 Å². The molecule has 5 heteroatoms. The highest BCUT2D eigenvalue weighted by Crippen LogP contribution is 2.16. The van der Waals surface area contributed by atoms with Crippen molar-refractivity contribution in [2.45, 2.75) is 18.9 Å². The lowest BCUT2D eigenvalue weighted by molar-refractivity contribution is 0.155. The number of aromatic amines is 1. The molecule has 0 aromatic carbocycles. The zero-order valence-electron chi connectivity index (χ0n) is 8.94. The Bertz CT molecular complexity index is 443. The molecule has 1 aliphatic heterocycles. The molecule has 2 N–H and O–H groups in total. The summed E-state index contributed by atoms with van der Waals surface area (Å²) in [6.45, 7) is 1.98. The van der Waals surface area contributed by atoms with E-state index in [-0.39, 0.29) is 6.10 Å². The van der Waals surface area contributed by atoms with Gasteiger partial charge in [-0.3, -0.25) is 0 Å². The van der Waals surface area contributed by atoms with Gasteiger partial charge in [0.05, 0.1) is 5.52 Å². The molecule has 2 aromatic heterocycles. The van der Waals surface area contributed by atoms with E-state index in [1.165, 1.54) is 0 Å². The summed E-state index contributed by atoms with van der Waals surface area (Å²) in [6.07, 6.45) is 4.18. The van der Waals surface area contributed by atoms with E-state index in [0.717, 1.165) is 31.4 Å². The maximum Gasteiger partial charge on any atom is 0.296 e. The van der Waals surface area contributed by atoms with Crippen molar-refractivity contribution in [3.8, 4) is 6.01 Å². The molecule has 16 heavy (non-hydrogen) atoms. The van der Waals surface area contributed by atoms with E-state index in [4.69, 9.17) is 4.74 Å². The first-order valence-electron chi connectivity index (χ1n) is 5.60. The Labute approximate surface area is 93.2 Å². The third kappa shape index (κ3) is 1.86. The maximum absolute atomic E-state index is 5.77. The van der Waals surface area contributed by atoms with Gasteiger partial charge in [-0.25, -0.2) is 4.98 Å². The molecule has 3 rings (SSSR count). The highest BCUT2D eigenvalue weighted by molar-refractivity contribution is 5.70. The van der Waals surface area contributed by atoms with Gasteiger partial charge in [0.1, 0.15) is 6.10 Å². The minimum atomic E-state index is 0.217. The van der Waals surface area contributed by atoms with E-state index in [0.29, 0.717) is 11.7 Å². The summed E-state index contributed by atoms with van der Waals surface area (Å²) in [6, 6.07) is 4.40. The molecule has 3 heterocycles. The summed E-state index contributed by atoms with van der Waals surface area (Å²) < 4.78 is 5.77. The number of pyridine rings is 1. The van der Waals surface area contributed by atoms with Crippen LogP contribution in [0.1, 0.15) is 12.8 Å². The average Bonchev–Trinajstić information content (AvgIpc) is 2.72. The van der Waals surface area contributed by atoms with E-state index in [2.05, 4.69) is 20.3 Å². The molecule has 1 saturated heterocycles. The number of nitrogens with zero attached hydrogens (tertiary/aromatic N) is 2. The number of nitrogens with one attached hydrogen (secondary N) is 2. The summed E-state index contributed by atoms with van der Waals surface area (Å²) in [5.74, 6) is 0.